The van der Waals surface area contributed by atoms with E-state index in [9.17, 15) is 4.79 Å². The molecule has 1 aliphatic rings. The van der Waals surface area contributed by atoms with Gasteiger partial charge in [-0.05, 0) is 37.0 Å². The molecular weight excluding hydrogens is 310 g/mol. The summed E-state index contributed by atoms with van der Waals surface area (Å²) >= 11 is 3.39. The topological polar surface area (TPSA) is 49.8 Å². The van der Waals surface area contributed by atoms with E-state index in [1.54, 1.807) is 0 Å². The molecule has 1 amide bonds. The van der Waals surface area contributed by atoms with Crippen LogP contribution in [0.4, 0.5) is 4.79 Å². The van der Waals surface area contributed by atoms with Crippen LogP contribution in [0.5, 0.6) is 0 Å². The van der Waals surface area contributed by atoms with Crippen molar-refractivity contribution >= 4 is 22.0 Å². The van der Waals surface area contributed by atoms with Gasteiger partial charge in [0.15, 0.2) is 0 Å². The van der Waals surface area contributed by atoms with Crippen molar-refractivity contribution in [2.24, 2.45) is 0 Å². The van der Waals surface area contributed by atoms with Crippen LogP contribution in [0.2, 0.25) is 0 Å². The predicted molar refractivity (Wildman–Crippen MR) is 76.2 cm³/mol. The second-order valence-electron chi connectivity index (χ2n) is 4.77. The first-order valence-electron chi connectivity index (χ1n) is 6.48. The number of hydrogen-bond donors (Lipinski definition) is 1. The molecule has 1 aliphatic heterocycles. The van der Waals surface area contributed by atoms with E-state index in [2.05, 4.69) is 15.9 Å². The molecule has 5 heteroatoms. The van der Waals surface area contributed by atoms with E-state index in [0.717, 1.165) is 29.3 Å². The first-order valence-corrected chi connectivity index (χ1v) is 7.28. The number of hydrogen-bond acceptors (Lipinski definition) is 2. The van der Waals surface area contributed by atoms with Crippen molar-refractivity contribution in [2.75, 3.05) is 13.2 Å². The van der Waals surface area contributed by atoms with Gasteiger partial charge in [0.05, 0.1) is 19.3 Å². The van der Waals surface area contributed by atoms with Crippen LogP contribution >= 0.6 is 15.9 Å². The second-order valence-corrected chi connectivity index (χ2v) is 5.68. The quantitative estimate of drug-likeness (QED) is 0.920. The molecule has 1 aromatic carbocycles. The maximum atomic E-state index is 11.1. The predicted octanol–water partition coefficient (Wildman–Crippen LogP) is 3.50. The summed E-state index contributed by atoms with van der Waals surface area (Å²) in [6, 6.07) is 7.95. The summed E-state index contributed by atoms with van der Waals surface area (Å²) in [5, 5.41) is 9.12. The average Bonchev–Trinajstić information content (AvgIpc) is 2.41. The van der Waals surface area contributed by atoms with Crippen molar-refractivity contribution in [1.82, 2.24) is 4.90 Å². The number of piperidine rings is 1. The highest BCUT2D eigenvalue weighted by atomic mass is 79.9. The summed E-state index contributed by atoms with van der Waals surface area (Å²) in [5.74, 6) is 0. The molecule has 0 aromatic heterocycles. The van der Waals surface area contributed by atoms with Crippen molar-refractivity contribution in [1.29, 1.82) is 0 Å². The Morgan fingerprint density at radius 3 is 2.79 bits per heavy atom. The van der Waals surface area contributed by atoms with E-state index in [1.807, 2.05) is 24.3 Å². The highest BCUT2D eigenvalue weighted by Gasteiger charge is 2.26. The normalized spacial score (nSPS) is 19.4. The number of halogens is 1. The first-order chi connectivity index (χ1) is 9.16. The summed E-state index contributed by atoms with van der Waals surface area (Å²) in [4.78, 5) is 12.6. The number of rotatable bonds is 4. The molecule has 1 fully saturated rings. The Morgan fingerprint density at radius 1 is 1.37 bits per heavy atom. The van der Waals surface area contributed by atoms with E-state index in [-0.39, 0.29) is 6.04 Å². The van der Waals surface area contributed by atoms with Crippen molar-refractivity contribution in [3.05, 3.63) is 34.3 Å². The monoisotopic (exact) mass is 327 g/mol. The van der Waals surface area contributed by atoms with Gasteiger partial charge < -0.3 is 14.7 Å². The van der Waals surface area contributed by atoms with Gasteiger partial charge in [0, 0.05) is 11.0 Å². The lowest BCUT2D eigenvalue weighted by Gasteiger charge is -2.33. The van der Waals surface area contributed by atoms with Gasteiger partial charge in [-0.3, -0.25) is 0 Å². The molecule has 0 spiro atoms. The van der Waals surface area contributed by atoms with Gasteiger partial charge in [-0.25, -0.2) is 4.79 Å². The maximum Gasteiger partial charge on any atom is 0.407 e. The van der Waals surface area contributed by atoms with Crippen LogP contribution in [-0.4, -0.2) is 35.3 Å². The molecule has 0 aliphatic carbocycles. The van der Waals surface area contributed by atoms with Crippen LogP contribution in [0.3, 0.4) is 0 Å². The van der Waals surface area contributed by atoms with Gasteiger partial charge >= 0.3 is 6.09 Å². The smallest absolute Gasteiger partial charge is 0.407 e. The standard InChI is InChI=1S/C14H18BrNO3/c15-12-6-4-11(5-7-12)9-19-10-13-3-1-2-8-16(13)14(17)18/h4-7,13H,1-3,8-10H2,(H,17,18). The van der Waals surface area contributed by atoms with Crippen molar-refractivity contribution in [2.45, 2.75) is 31.9 Å². The minimum atomic E-state index is -0.836. The maximum absolute atomic E-state index is 11.1. The number of nitrogens with zero attached hydrogens (tertiary/aromatic N) is 1. The molecule has 1 heterocycles. The number of ether oxygens (including phenoxy) is 1. The highest BCUT2D eigenvalue weighted by Crippen LogP contribution is 2.18. The zero-order valence-electron chi connectivity index (χ0n) is 10.7. The molecule has 104 valence electrons. The van der Waals surface area contributed by atoms with Gasteiger partial charge in [-0.15, -0.1) is 0 Å². The molecule has 1 saturated heterocycles. The zero-order valence-corrected chi connectivity index (χ0v) is 12.3. The summed E-state index contributed by atoms with van der Waals surface area (Å²) in [6.45, 7) is 1.63. The Kier molecular flexibility index (Phi) is 5.22. The Balaban J connectivity index is 1.80. The molecule has 1 N–H and O–H groups in total. The molecule has 1 atom stereocenters. The molecule has 2 rings (SSSR count). The van der Waals surface area contributed by atoms with Gasteiger partial charge in [-0.1, -0.05) is 28.1 Å². The van der Waals surface area contributed by atoms with Crippen LogP contribution in [0.1, 0.15) is 24.8 Å². The fraction of sp³-hybridized carbons (Fsp3) is 0.500. The molecule has 0 bridgehead atoms. The molecular formula is C14H18BrNO3. The van der Waals surface area contributed by atoms with E-state index in [1.165, 1.54) is 4.90 Å². The number of likely N-dealkylation sites (tertiary alicyclic amines) is 1. The van der Waals surface area contributed by atoms with Crippen LogP contribution in [-0.2, 0) is 11.3 Å². The average molecular weight is 328 g/mol. The van der Waals surface area contributed by atoms with E-state index < -0.39 is 6.09 Å². The van der Waals surface area contributed by atoms with Crippen LogP contribution in [0, 0.1) is 0 Å². The first kappa shape index (κ1) is 14.3. The van der Waals surface area contributed by atoms with E-state index in [4.69, 9.17) is 9.84 Å². The lowest BCUT2D eigenvalue weighted by Crippen LogP contribution is -2.45. The minimum Gasteiger partial charge on any atom is -0.465 e. The van der Waals surface area contributed by atoms with Crippen LogP contribution in [0.25, 0.3) is 0 Å². The fourth-order valence-corrected chi connectivity index (χ4v) is 2.58. The molecule has 1 aromatic rings. The van der Waals surface area contributed by atoms with Crippen LogP contribution in [0.15, 0.2) is 28.7 Å². The van der Waals surface area contributed by atoms with E-state index >= 15 is 0 Å². The molecule has 0 radical (unpaired) electrons. The Morgan fingerprint density at radius 2 is 2.11 bits per heavy atom. The van der Waals surface area contributed by atoms with E-state index in [0.29, 0.717) is 19.8 Å². The summed E-state index contributed by atoms with van der Waals surface area (Å²) in [6.07, 6.45) is 2.09. The summed E-state index contributed by atoms with van der Waals surface area (Å²) in [7, 11) is 0. The number of carbonyl (C=O) groups is 1. The summed E-state index contributed by atoms with van der Waals surface area (Å²) in [5.41, 5.74) is 1.10. The third-order valence-corrected chi connectivity index (χ3v) is 3.89. The van der Waals surface area contributed by atoms with Gasteiger partial charge in [-0.2, -0.15) is 0 Å². The fourth-order valence-electron chi connectivity index (χ4n) is 2.32. The number of amides is 1. The lowest BCUT2D eigenvalue weighted by molar-refractivity contribution is 0.0346. The Hall–Kier alpha value is -1.07. The van der Waals surface area contributed by atoms with Crippen molar-refractivity contribution in [3.63, 3.8) is 0 Å². The Bertz CT molecular complexity index is 421. The molecule has 4 nitrogen and oxygen atoms in total. The zero-order chi connectivity index (χ0) is 13.7. The second kappa shape index (κ2) is 6.91. The Labute approximate surface area is 121 Å². The third-order valence-electron chi connectivity index (χ3n) is 3.37. The SMILES string of the molecule is O=C(O)N1CCCCC1COCc1ccc(Br)cc1. The van der Waals surface area contributed by atoms with Gasteiger partial charge in [0.1, 0.15) is 0 Å². The molecule has 0 saturated carbocycles. The molecule has 19 heavy (non-hydrogen) atoms. The van der Waals surface area contributed by atoms with Gasteiger partial charge in [0.25, 0.3) is 0 Å². The minimum absolute atomic E-state index is 0.00157. The number of benzene rings is 1. The van der Waals surface area contributed by atoms with Crippen molar-refractivity contribution < 1.29 is 14.6 Å². The summed E-state index contributed by atoms with van der Waals surface area (Å²) < 4.78 is 6.70. The van der Waals surface area contributed by atoms with Crippen molar-refractivity contribution in [3.8, 4) is 0 Å². The number of carboxylic acid groups (broad SMARTS) is 1. The highest BCUT2D eigenvalue weighted by molar-refractivity contribution is 9.10. The molecule has 1 unspecified atom stereocenters. The largest absolute Gasteiger partial charge is 0.465 e. The lowest BCUT2D eigenvalue weighted by atomic mass is 10.0. The van der Waals surface area contributed by atoms with Gasteiger partial charge in [0.2, 0.25) is 0 Å². The van der Waals surface area contributed by atoms with Crippen LogP contribution < -0.4 is 0 Å². The third kappa shape index (κ3) is 4.21.